The Bertz CT molecular complexity index is 1300. The molecule has 2 aromatic heterocycles. The van der Waals surface area contributed by atoms with Crippen LogP contribution in [0.4, 0.5) is 5.13 Å². The van der Waals surface area contributed by atoms with Crippen LogP contribution in [0.1, 0.15) is 28.5 Å². The molecule has 1 saturated heterocycles. The molecule has 2 aliphatic rings. The second-order valence-electron chi connectivity index (χ2n) is 9.00. The van der Waals surface area contributed by atoms with Gasteiger partial charge in [-0.05, 0) is 32.3 Å². The average Bonchev–Trinajstić information content (AvgIpc) is 3.18. The highest BCUT2D eigenvalue weighted by atomic mass is 32.2. The number of piperidine rings is 1. The summed E-state index contributed by atoms with van der Waals surface area (Å²) in [6, 6.07) is 13.8. The largest absolute Gasteiger partial charge is 0.356 e. The predicted molar refractivity (Wildman–Crippen MR) is 144 cm³/mol. The zero-order valence-electron chi connectivity index (χ0n) is 19.1. The van der Waals surface area contributed by atoms with Crippen molar-refractivity contribution >= 4 is 50.7 Å². The topological polar surface area (TPSA) is 67.2 Å². The van der Waals surface area contributed by atoms with Crippen LogP contribution in [0, 0.1) is 19.8 Å². The number of hydrogen-bond acceptors (Lipinski definition) is 6. The molecule has 5 rings (SSSR count). The minimum atomic E-state index is -0.106. The highest BCUT2D eigenvalue weighted by Gasteiger charge is 2.35. The maximum absolute atomic E-state index is 12.6. The van der Waals surface area contributed by atoms with Crippen LogP contribution in [0.2, 0.25) is 0 Å². The number of nitrogens with zero attached hydrogens (tertiary/aromatic N) is 3. The molecule has 9 heteroatoms. The summed E-state index contributed by atoms with van der Waals surface area (Å²) in [6.45, 7) is 6.44. The number of anilines is 1. The third-order valence-electron chi connectivity index (χ3n) is 6.43. The summed E-state index contributed by atoms with van der Waals surface area (Å²) in [5.41, 5.74) is 4.34. The van der Waals surface area contributed by atoms with Crippen molar-refractivity contribution in [2.24, 2.45) is 5.92 Å². The summed E-state index contributed by atoms with van der Waals surface area (Å²) in [6.07, 6.45) is 1.08. The van der Waals surface area contributed by atoms with Crippen LogP contribution < -0.4 is 10.9 Å². The van der Waals surface area contributed by atoms with Gasteiger partial charge in [0.1, 0.15) is 4.32 Å². The van der Waals surface area contributed by atoms with Crippen LogP contribution in [-0.2, 0) is 11.3 Å². The van der Waals surface area contributed by atoms with E-state index in [2.05, 4.69) is 52.5 Å². The van der Waals surface area contributed by atoms with E-state index < -0.39 is 0 Å². The van der Waals surface area contributed by atoms with E-state index in [1.54, 1.807) is 6.07 Å². The van der Waals surface area contributed by atoms with Gasteiger partial charge in [0.05, 0.1) is 11.4 Å². The van der Waals surface area contributed by atoms with E-state index in [9.17, 15) is 9.59 Å². The number of rotatable bonds is 4. The maximum atomic E-state index is 12.6. The number of thiocarbonyl (C=S) groups is 1. The molecule has 1 N–H and O–H groups in total. The van der Waals surface area contributed by atoms with Gasteiger partial charge in [0.2, 0.25) is 5.91 Å². The molecular formula is C25H26N4O2S3. The molecule has 1 amide bonds. The highest BCUT2D eigenvalue weighted by Crippen LogP contribution is 2.36. The van der Waals surface area contributed by atoms with Gasteiger partial charge in [-0.1, -0.05) is 59.9 Å². The second kappa shape index (κ2) is 9.64. The van der Waals surface area contributed by atoms with Crippen LogP contribution in [0.3, 0.4) is 0 Å². The summed E-state index contributed by atoms with van der Waals surface area (Å²) < 4.78 is 2.66. The van der Waals surface area contributed by atoms with Gasteiger partial charge in [-0.15, -0.1) is 11.3 Å². The van der Waals surface area contributed by atoms with Gasteiger partial charge in [0, 0.05) is 47.8 Å². The van der Waals surface area contributed by atoms with Crippen LogP contribution in [0.25, 0.3) is 11.3 Å². The van der Waals surface area contributed by atoms with Gasteiger partial charge in [-0.25, -0.2) is 4.98 Å². The molecular weight excluding hydrogens is 485 g/mol. The smallest absolute Gasteiger partial charge is 0.250 e. The lowest BCUT2D eigenvalue weighted by atomic mass is 9.83. The Morgan fingerprint density at radius 1 is 1.18 bits per heavy atom. The van der Waals surface area contributed by atoms with E-state index >= 15 is 0 Å². The van der Waals surface area contributed by atoms with Crippen molar-refractivity contribution in [2.45, 2.75) is 32.7 Å². The van der Waals surface area contributed by atoms with Gasteiger partial charge in [0.15, 0.2) is 5.13 Å². The number of thiazole rings is 1. The number of pyridine rings is 1. The summed E-state index contributed by atoms with van der Waals surface area (Å²) in [5.74, 6) is 0.842. The second-order valence-corrected chi connectivity index (χ2v) is 11.8. The molecule has 3 aromatic rings. The Balaban J connectivity index is 1.17. The Hall–Kier alpha value is -2.49. The number of amides is 1. The van der Waals surface area contributed by atoms with Gasteiger partial charge < -0.3 is 14.8 Å². The minimum absolute atomic E-state index is 0.0808. The first-order valence-corrected chi connectivity index (χ1v) is 13.5. The first-order chi connectivity index (χ1) is 16.4. The molecule has 6 nitrogen and oxygen atoms in total. The van der Waals surface area contributed by atoms with Crippen molar-refractivity contribution in [3.63, 3.8) is 0 Å². The van der Waals surface area contributed by atoms with Crippen molar-refractivity contribution in [1.82, 2.24) is 14.5 Å². The number of benzene rings is 1. The third kappa shape index (κ3) is 4.82. The fourth-order valence-corrected chi connectivity index (χ4v) is 6.68. The quantitative estimate of drug-likeness (QED) is 0.515. The lowest BCUT2D eigenvalue weighted by Gasteiger charge is -2.43. The van der Waals surface area contributed by atoms with Crippen LogP contribution in [-0.4, -0.2) is 43.5 Å². The van der Waals surface area contributed by atoms with Crippen molar-refractivity contribution < 1.29 is 4.79 Å². The molecule has 0 spiro atoms. The first kappa shape index (κ1) is 23.3. The molecule has 0 saturated carbocycles. The molecule has 1 fully saturated rings. The van der Waals surface area contributed by atoms with Crippen LogP contribution in [0.15, 0.2) is 47.3 Å². The van der Waals surface area contributed by atoms with E-state index in [0.717, 1.165) is 52.2 Å². The summed E-state index contributed by atoms with van der Waals surface area (Å²) in [7, 11) is 0. The lowest BCUT2D eigenvalue weighted by molar-refractivity contribution is -0.113. The van der Waals surface area contributed by atoms with Crippen molar-refractivity contribution in [3.05, 3.63) is 69.0 Å². The van der Waals surface area contributed by atoms with Crippen molar-refractivity contribution in [2.75, 3.05) is 24.2 Å². The fourth-order valence-electron chi connectivity index (χ4n) is 4.85. The zero-order chi connectivity index (χ0) is 23.8. The first-order valence-electron chi connectivity index (χ1n) is 11.3. The predicted octanol–water partition coefficient (Wildman–Crippen LogP) is 4.66. The Kier molecular flexibility index (Phi) is 6.59. The number of aromatic nitrogens is 2. The number of aryl methyl sites for hydroxylation is 2. The number of carbonyl (C=O) groups is 1. The number of carbonyl (C=O) groups excluding carboxylic acids is 1. The molecule has 1 aromatic carbocycles. The Labute approximate surface area is 212 Å². The van der Waals surface area contributed by atoms with Gasteiger partial charge in [-0.3, -0.25) is 9.59 Å². The fraction of sp³-hybridized carbons (Fsp3) is 0.360. The minimum Gasteiger partial charge on any atom is -0.356 e. The van der Waals surface area contributed by atoms with Crippen molar-refractivity contribution in [1.29, 1.82) is 0 Å². The zero-order valence-corrected chi connectivity index (χ0v) is 21.6. The van der Waals surface area contributed by atoms with E-state index in [4.69, 9.17) is 12.2 Å². The molecule has 0 unspecified atom stereocenters. The summed E-state index contributed by atoms with van der Waals surface area (Å²) >= 11 is 8.57. The molecule has 176 valence electrons. The number of hydrogen-bond donors (Lipinski definition) is 1. The molecule has 2 aliphatic heterocycles. The van der Waals surface area contributed by atoms with Crippen LogP contribution >= 0.6 is 35.3 Å². The number of fused-ring (bicyclic) bond motifs is 4. The number of nitrogens with one attached hydrogen (secondary N) is 1. The van der Waals surface area contributed by atoms with Crippen LogP contribution in [0.5, 0.6) is 0 Å². The molecule has 0 radical (unpaired) electrons. The number of thioether (sulfide) groups is 1. The number of likely N-dealkylation sites (tertiary alicyclic amines) is 1. The van der Waals surface area contributed by atoms with E-state index in [0.29, 0.717) is 17.0 Å². The Morgan fingerprint density at radius 2 is 1.97 bits per heavy atom. The highest BCUT2D eigenvalue weighted by molar-refractivity contribution is 8.23. The maximum Gasteiger partial charge on any atom is 0.250 e. The molecule has 2 atom stereocenters. The SMILES string of the molecule is Cc1ccc(-c2nc(NC(=O)CSC(=S)N3C[C@@H]4C[C@@H](C3)c3cccc(=O)n3C4)sc2C)cc1. The van der Waals surface area contributed by atoms with Gasteiger partial charge in [0.25, 0.3) is 5.56 Å². The monoisotopic (exact) mass is 510 g/mol. The van der Waals surface area contributed by atoms with E-state index in [1.165, 1.54) is 28.7 Å². The molecule has 4 heterocycles. The molecule has 34 heavy (non-hydrogen) atoms. The van der Waals surface area contributed by atoms with Gasteiger partial charge in [-0.2, -0.15) is 0 Å². The normalized spacial score (nSPS) is 18.9. The van der Waals surface area contributed by atoms with Crippen molar-refractivity contribution in [3.8, 4) is 11.3 Å². The molecule has 2 bridgehead atoms. The standard InChI is InChI=1S/C25H26N4O2S3/c1-15-6-8-18(9-7-15)23-16(2)34-24(27-23)26-21(30)14-33-25(32)28-11-17-10-19(13-28)20-4-3-5-22(31)29(20)12-17/h3-9,17,19H,10-14H2,1-2H3,(H,26,27,30)/t17-,19-/m0/s1. The molecule has 0 aliphatic carbocycles. The van der Waals surface area contributed by atoms with E-state index in [1.807, 2.05) is 17.6 Å². The summed E-state index contributed by atoms with van der Waals surface area (Å²) in [5, 5.41) is 3.54. The summed E-state index contributed by atoms with van der Waals surface area (Å²) in [4.78, 5) is 32.8. The lowest BCUT2D eigenvalue weighted by Crippen LogP contribution is -2.48. The average molecular weight is 511 g/mol. The Morgan fingerprint density at radius 3 is 2.76 bits per heavy atom. The van der Waals surface area contributed by atoms with Gasteiger partial charge >= 0.3 is 0 Å². The third-order valence-corrected chi connectivity index (χ3v) is 8.84. The van der Waals surface area contributed by atoms with E-state index in [-0.39, 0.29) is 17.2 Å².